The first-order chi connectivity index (χ1) is 12.6. The van der Waals surface area contributed by atoms with Gasteiger partial charge < -0.3 is 10.3 Å². The van der Waals surface area contributed by atoms with Crippen LogP contribution in [-0.2, 0) is 0 Å². The van der Waals surface area contributed by atoms with E-state index in [4.69, 9.17) is 0 Å². The Hall–Kier alpha value is -3.81. The lowest BCUT2D eigenvalue weighted by Gasteiger charge is -2.08. The number of nitrogens with one attached hydrogen (secondary N) is 2. The maximum atomic E-state index is 12.6. The van der Waals surface area contributed by atoms with E-state index in [1.54, 1.807) is 42.5 Å². The molecule has 0 atom stereocenters. The molecule has 4 rings (SSSR count). The summed E-state index contributed by atoms with van der Waals surface area (Å²) < 4.78 is 1.47. The molecule has 0 aliphatic rings. The fourth-order valence-corrected chi connectivity index (χ4v) is 2.79. The number of fused-ring (bicyclic) bond motifs is 1. The molecule has 0 saturated carbocycles. The highest BCUT2D eigenvalue weighted by atomic mass is 16.1. The Balaban J connectivity index is 1.63. The first-order valence-electron chi connectivity index (χ1n) is 7.89. The summed E-state index contributed by atoms with van der Waals surface area (Å²) in [6, 6.07) is 13.9. The molecular weight excluding hydrogens is 332 g/mol. The van der Waals surface area contributed by atoms with Crippen LogP contribution in [0.1, 0.15) is 15.9 Å². The molecule has 0 spiro atoms. The van der Waals surface area contributed by atoms with Crippen LogP contribution in [0.2, 0.25) is 0 Å². The van der Waals surface area contributed by atoms with Crippen LogP contribution in [0, 0.1) is 6.92 Å². The number of aromatic amines is 1. The number of aromatic nitrogens is 5. The minimum atomic E-state index is -0.269. The quantitative estimate of drug-likeness (QED) is 0.591. The molecule has 2 aromatic carbocycles. The van der Waals surface area contributed by atoms with E-state index in [0.29, 0.717) is 22.5 Å². The number of H-pyrrole nitrogens is 1. The van der Waals surface area contributed by atoms with E-state index in [1.165, 1.54) is 11.0 Å². The lowest BCUT2D eigenvalue weighted by atomic mass is 10.1. The molecule has 0 bridgehead atoms. The van der Waals surface area contributed by atoms with Crippen molar-refractivity contribution in [2.45, 2.75) is 6.92 Å². The Morgan fingerprint density at radius 2 is 2.04 bits per heavy atom. The van der Waals surface area contributed by atoms with Crippen LogP contribution in [0.15, 0.2) is 59.7 Å². The second-order valence-electron chi connectivity index (χ2n) is 5.84. The largest absolute Gasteiger partial charge is 0.322 e. The summed E-state index contributed by atoms with van der Waals surface area (Å²) in [6.07, 6.45) is 1.46. The Labute approximate surface area is 147 Å². The Kier molecular flexibility index (Phi) is 3.77. The van der Waals surface area contributed by atoms with Gasteiger partial charge in [0.2, 0.25) is 5.56 Å². The van der Waals surface area contributed by atoms with E-state index in [2.05, 4.69) is 25.8 Å². The Morgan fingerprint density at radius 1 is 1.15 bits per heavy atom. The number of carbonyl (C=O) groups excluding carboxylic acids is 1. The number of hydrogen-bond acceptors (Lipinski definition) is 5. The van der Waals surface area contributed by atoms with E-state index in [9.17, 15) is 9.59 Å². The third kappa shape index (κ3) is 2.95. The van der Waals surface area contributed by atoms with Gasteiger partial charge in [-0.05, 0) is 53.2 Å². The first-order valence-corrected chi connectivity index (χ1v) is 7.89. The van der Waals surface area contributed by atoms with E-state index in [0.717, 1.165) is 10.9 Å². The van der Waals surface area contributed by atoms with Crippen molar-refractivity contribution in [2.75, 3.05) is 5.32 Å². The van der Waals surface area contributed by atoms with Gasteiger partial charge in [0.25, 0.3) is 5.91 Å². The number of anilines is 1. The molecular formula is C18H14N6O2. The Bertz CT molecular complexity index is 1160. The smallest absolute Gasteiger partial charge is 0.255 e. The molecule has 8 heteroatoms. The van der Waals surface area contributed by atoms with Gasteiger partial charge in [0, 0.05) is 22.7 Å². The zero-order valence-corrected chi connectivity index (χ0v) is 13.8. The maximum absolute atomic E-state index is 12.6. The van der Waals surface area contributed by atoms with Gasteiger partial charge in [-0.3, -0.25) is 9.59 Å². The van der Waals surface area contributed by atoms with Crippen molar-refractivity contribution in [1.29, 1.82) is 0 Å². The second-order valence-corrected chi connectivity index (χ2v) is 5.84. The standard InChI is InChI=1S/C18H14N6O2/c1-11-7-17(25)21-16-9-13(5-6-15(11)16)20-18(26)12-3-2-4-14(8-12)24-10-19-22-23-24/h2-10H,1H3,(H,20,26)(H,21,25). The SMILES string of the molecule is Cc1cc(=O)[nH]c2cc(NC(=O)c3cccc(-n4cnnn4)c3)ccc12. The molecule has 128 valence electrons. The molecule has 2 N–H and O–H groups in total. The Morgan fingerprint density at radius 3 is 2.85 bits per heavy atom. The topological polar surface area (TPSA) is 106 Å². The molecule has 1 amide bonds. The zero-order valence-electron chi connectivity index (χ0n) is 13.8. The molecule has 0 radical (unpaired) electrons. The molecule has 4 aromatic rings. The molecule has 0 fully saturated rings. The molecule has 0 aliphatic heterocycles. The minimum absolute atomic E-state index is 0.174. The van der Waals surface area contributed by atoms with Gasteiger partial charge in [0.05, 0.1) is 11.2 Å². The monoisotopic (exact) mass is 346 g/mol. The maximum Gasteiger partial charge on any atom is 0.255 e. The lowest BCUT2D eigenvalue weighted by Crippen LogP contribution is -2.13. The number of pyridine rings is 1. The lowest BCUT2D eigenvalue weighted by molar-refractivity contribution is 0.102. The van der Waals surface area contributed by atoms with Crippen molar-refractivity contribution >= 4 is 22.5 Å². The fourth-order valence-electron chi connectivity index (χ4n) is 2.79. The number of carbonyl (C=O) groups is 1. The number of benzene rings is 2. The van der Waals surface area contributed by atoms with Crippen LogP contribution >= 0.6 is 0 Å². The van der Waals surface area contributed by atoms with Crippen molar-refractivity contribution in [3.8, 4) is 5.69 Å². The predicted octanol–water partition coefficient (Wildman–Crippen LogP) is 2.06. The summed E-state index contributed by atoms with van der Waals surface area (Å²) in [5.41, 5.74) is 3.13. The average Bonchev–Trinajstić information content (AvgIpc) is 3.16. The van der Waals surface area contributed by atoms with Gasteiger partial charge in [-0.1, -0.05) is 12.1 Å². The summed E-state index contributed by atoms with van der Waals surface area (Å²) >= 11 is 0. The van der Waals surface area contributed by atoms with Crippen molar-refractivity contribution in [1.82, 2.24) is 25.2 Å². The van der Waals surface area contributed by atoms with Gasteiger partial charge in [-0.15, -0.1) is 5.10 Å². The van der Waals surface area contributed by atoms with Crippen molar-refractivity contribution < 1.29 is 4.79 Å². The highest BCUT2D eigenvalue weighted by Crippen LogP contribution is 2.20. The van der Waals surface area contributed by atoms with E-state index in [1.807, 2.05) is 13.0 Å². The number of aryl methyl sites for hydroxylation is 1. The summed E-state index contributed by atoms with van der Waals surface area (Å²) in [5.74, 6) is -0.269. The normalized spacial score (nSPS) is 10.8. The van der Waals surface area contributed by atoms with Gasteiger partial charge >= 0.3 is 0 Å². The van der Waals surface area contributed by atoms with Gasteiger partial charge in [0.1, 0.15) is 6.33 Å². The highest BCUT2D eigenvalue weighted by molar-refractivity contribution is 6.05. The van der Waals surface area contributed by atoms with E-state index < -0.39 is 0 Å². The van der Waals surface area contributed by atoms with Gasteiger partial charge in [0.15, 0.2) is 0 Å². The number of amides is 1. The number of tetrazole rings is 1. The summed E-state index contributed by atoms with van der Waals surface area (Å²) in [7, 11) is 0. The van der Waals surface area contributed by atoms with E-state index in [-0.39, 0.29) is 11.5 Å². The number of rotatable bonds is 3. The van der Waals surface area contributed by atoms with Gasteiger partial charge in [-0.2, -0.15) is 0 Å². The molecule has 2 heterocycles. The minimum Gasteiger partial charge on any atom is -0.322 e. The second kappa shape index (κ2) is 6.25. The van der Waals surface area contributed by atoms with Crippen LogP contribution in [0.3, 0.4) is 0 Å². The van der Waals surface area contributed by atoms with Crippen LogP contribution in [-0.4, -0.2) is 31.1 Å². The van der Waals surface area contributed by atoms with Crippen molar-refractivity contribution in [3.63, 3.8) is 0 Å². The van der Waals surface area contributed by atoms with Crippen molar-refractivity contribution in [3.05, 3.63) is 76.3 Å². The average molecular weight is 346 g/mol. The molecule has 0 saturated heterocycles. The third-order valence-corrected chi connectivity index (χ3v) is 4.03. The van der Waals surface area contributed by atoms with Crippen LogP contribution in [0.4, 0.5) is 5.69 Å². The summed E-state index contributed by atoms with van der Waals surface area (Å²) in [6.45, 7) is 1.88. The highest BCUT2D eigenvalue weighted by Gasteiger charge is 2.09. The number of nitrogens with zero attached hydrogens (tertiary/aromatic N) is 4. The summed E-state index contributed by atoms with van der Waals surface area (Å²) in [4.78, 5) is 27.0. The van der Waals surface area contributed by atoms with Crippen molar-refractivity contribution in [2.24, 2.45) is 0 Å². The third-order valence-electron chi connectivity index (χ3n) is 4.03. The zero-order chi connectivity index (χ0) is 18.1. The van der Waals surface area contributed by atoms with Crippen LogP contribution in [0.5, 0.6) is 0 Å². The van der Waals surface area contributed by atoms with Gasteiger partial charge in [-0.25, -0.2) is 4.68 Å². The molecule has 0 unspecified atom stereocenters. The van der Waals surface area contributed by atoms with Crippen LogP contribution < -0.4 is 10.9 Å². The van der Waals surface area contributed by atoms with E-state index >= 15 is 0 Å². The first kappa shape index (κ1) is 15.7. The molecule has 26 heavy (non-hydrogen) atoms. The fraction of sp³-hybridized carbons (Fsp3) is 0.0556. The molecule has 8 nitrogen and oxygen atoms in total. The summed E-state index contributed by atoms with van der Waals surface area (Å²) in [5, 5.41) is 14.8. The number of hydrogen-bond donors (Lipinski definition) is 2. The molecule has 2 aromatic heterocycles. The predicted molar refractivity (Wildman–Crippen MR) is 96.4 cm³/mol. The van der Waals surface area contributed by atoms with Crippen LogP contribution in [0.25, 0.3) is 16.6 Å². The molecule has 0 aliphatic carbocycles.